The maximum Gasteiger partial charge on any atom is 0.191 e. The summed E-state index contributed by atoms with van der Waals surface area (Å²) < 4.78 is 7.35. The van der Waals surface area contributed by atoms with Crippen LogP contribution in [0.5, 0.6) is 0 Å². The first-order valence-electron chi connectivity index (χ1n) is 9.85. The zero-order valence-corrected chi connectivity index (χ0v) is 17.1. The number of hydrogen-bond donors (Lipinski definition) is 2. The number of hydrogen-bond acceptors (Lipinski definition) is 4. The molecule has 1 aliphatic heterocycles. The lowest BCUT2D eigenvalue weighted by Gasteiger charge is -2.26. The molecular weight excluding hydrogens is 328 g/mol. The standard InChI is InChI=1S/C19H36N6O/c1-6-20-19(21-8-7-9-25-10-12-26-13-11-25)22-15(2)14-18-16(3)23-24(5)17(18)4/h15H,6-14H2,1-5H3,(H2,20,21,22). The minimum Gasteiger partial charge on any atom is -0.379 e. The highest BCUT2D eigenvalue weighted by Crippen LogP contribution is 2.14. The Balaban J connectivity index is 1.81. The molecule has 26 heavy (non-hydrogen) atoms. The summed E-state index contributed by atoms with van der Waals surface area (Å²) in [6, 6.07) is 0.300. The molecule has 148 valence electrons. The van der Waals surface area contributed by atoms with Crippen molar-refractivity contribution < 1.29 is 4.74 Å². The summed E-state index contributed by atoms with van der Waals surface area (Å²) in [5, 5.41) is 11.4. The van der Waals surface area contributed by atoms with E-state index in [1.807, 2.05) is 11.7 Å². The Morgan fingerprint density at radius 3 is 2.65 bits per heavy atom. The average Bonchev–Trinajstić information content (AvgIpc) is 2.86. The summed E-state index contributed by atoms with van der Waals surface area (Å²) in [5.41, 5.74) is 3.69. The van der Waals surface area contributed by atoms with E-state index >= 15 is 0 Å². The van der Waals surface area contributed by atoms with Crippen molar-refractivity contribution in [2.45, 2.75) is 46.6 Å². The molecule has 1 aliphatic rings. The number of aliphatic imine (C=N–C) groups is 1. The van der Waals surface area contributed by atoms with Gasteiger partial charge in [-0.25, -0.2) is 0 Å². The van der Waals surface area contributed by atoms with Gasteiger partial charge >= 0.3 is 0 Å². The van der Waals surface area contributed by atoms with Gasteiger partial charge in [0.25, 0.3) is 0 Å². The van der Waals surface area contributed by atoms with Crippen molar-refractivity contribution in [3.63, 3.8) is 0 Å². The number of nitrogens with zero attached hydrogens (tertiary/aromatic N) is 4. The molecule has 1 aromatic rings. The third kappa shape index (κ3) is 6.29. The van der Waals surface area contributed by atoms with Crippen LogP contribution >= 0.6 is 0 Å². The summed E-state index contributed by atoms with van der Waals surface area (Å²) in [6.07, 6.45) is 2.02. The zero-order valence-electron chi connectivity index (χ0n) is 17.1. The van der Waals surface area contributed by atoms with E-state index in [0.29, 0.717) is 6.04 Å². The Hall–Kier alpha value is -1.60. The molecule has 1 aromatic heterocycles. The van der Waals surface area contributed by atoms with Crippen LogP contribution in [0, 0.1) is 13.8 Å². The first kappa shape index (κ1) is 20.7. The van der Waals surface area contributed by atoms with Gasteiger partial charge < -0.3 is 15.4 Å². The lowest BCUT2D eigenvalue weighted by atomic mass is 10.1. The molecular formula is C19H36N6O. The normalized spacial score (nSPS) is 17.3. The predicted molar refractivity (Wildman–Crippen MR) is 107 cm³/mol. The van der Waals surface area contributed by atoms with E-state index in [1.54, 1.807) is 0 Å². The fourth-order valence-electron chi connectivity index (χ4n) is 3.33. The van der Waals surface area contributed by atoms with E-state index in [2.05, 4.69) is 48.3 Å². The molecule has 1 unspecified atom stereocenters. The van der Waals surface area contributed by atoms with E-state index in [-0.39, 0.29) is 0 Å². The molecule has 7 nitrogen and oxygen atoms in total. The highest BCUT2D eigenvalue weighted by atomic mass is 16.5. The van der Waals surface area contributed by atoms with Gasteiger partial charge in [-0.3, -0.25) is 14.6 Å². The number of ether oxygens (including phenoxy) is 1. The summed E-state index contributed by atoms with van der Waals surface area (Å²) in [4.78, 5) is 7.20. The number of aryl methyl sites for hydroxylation is 2. The van der Waals surface area contributed by atoms with Crippen LogP contribution in [-0.4, -0.2) is 72.6 Å². The highest BCUT2D eigenvalue weighted by molar-refractivity contribution is 5.80. The lowest BCUT2D eigenvalue weighted by molar-refractivity contribution is 0.0377. The third-order valence-electron chi connectivity index (χ3n) is 4.90. The van der Waals surface area contributed by atoms with Crippen molar-refractivity contribution in [1.82, 2.24) is 25.3 Å². The van der Waals surface area contributed by atoms with Crippen LogP contribution in [-0.2, 0) is 18.2 Å². The lowest BCUT2D eigenvalue weighted by Crippen LogP contribution is -2.43. The van der Waals surface area contributed by atoms with Gasteiger partial charge in [-0.05, 0) is 46.1 Å². The molecule has 0 spiro atoms. The molecule has 1 fully saturated rings. The molecule has 2 N–H and O–H groups in total. The zero-order chi connectivity index (χ0) is 18.9. The fraction of sp³-hybridized carbons (Fsp3) is 0.789. The second kappa shape index (κ2) is 10.5. The number of aromatic nitrogens is 2. The Labute approximate surface area is 158 Å². The van der Waals surface area contributed by atoms with Crippen LogP contribution in [0.2, 0.25) is 0 Å². The van der Waals surface area contributed by atoms with E-state index in [0.717, 1.165) is 70.4 Å². The van der Waals surface area contributed by atoms with Crippen molar-refractivity contribution in [3.8, 4) is 0 Å². The Morgan fingerprint density at radius 2 is 2.04 bits per heavy atom. The van der Waals surface area contributed by atoms with E-state index < -0.39 is 0 Å². The van der Waals surface area contributed by atoms with E-state index in [9.17, 15) is 0 Å². The van der Waals surface area contributed by atoms with E-state index in [4.69, 9.17) is 9.73 Å². The Kier molecular flexibility index (Phi) is 8.38. The highest BCUT2D eigenvalue weighted by Gasteiger charge is 2.14. The summed E-state index contributed by atoms with van der Waals surface area (Å²) in [6.45, 7) is 15.1. The second-order valence-corrected chi connectivity index (χ2v) is 7.09. The first-order chi connectivity index (χ1) is 12.5. The van der Waals surface area contributed by atoms with Gasteiger partial charge in [0.2, 0.25) is 0 Å². The average molecular weight is 365 g/mol. The molecule has 0 bridgehead atoms. The fourth-order valence-corrected chi connectivity index (χ4v) is 3.33. The number of morpholine rings is 1. The SMILES string of the molecule is CCNC(=NCCCN1CCOCC1)NC(C)Cc1c(C)nn(C)c1C. The number of guanidine groups is 1. The maximum absolute atomic E-state index is 5.39. The molecule has 0 aromatic carbocycles. The summed E-state index contributed by atoms with van der Waals surface area (Å²) >= 11 is 0. The van der Waals surface area contributed by atoms with Crippen LogP contribution < -0.4 is 10.6 Å². The number of nitrogens with one attached hydrogen (secondary N) is 2. The Morgan fingerprint density at radius 1 is 1.31 bits per heavy atom. The van der Waals surface area contributed by atoms with Crippen LogP contribution in [0.25, 0.3) is 0 Å². The van der Waals surface area contributed by atoms with Gasteiger partial charge in [0.15, 0.2) is 5.96 Å². The molecule has 0 aliphatic carbocycles. The smallest absolute Gasteiger partial charge is 0.191 e. The monoisotopic (exact) mass is 364 g/mol. The largest absolute Gasteiger partial charge is 0.379 e. The van der Waals surface area contributed by atoms with Gasteiger partial charge in [-0.15, -0.1) is 0 Å². The molecule has 1 atom stereocenters. The molecule has 1 saturated heterocycles. The topological polar surface area (TPSA) is 66.7 Å². The van der Waals surface area contributed by atoms with Gasteiger partial charge in [-0.1, -0.05) is 0 Å². The van der Waals surface area contributed by atoms with E-state index in [1.165, 1.54) is 11.3 Å². The van der Waals surface area contributed by atoms with Gasteiger partial charge in [0.05, 0.1) is 18.9 Å². The third-order valence-corrected chi connectivity index (χ3v) is 4.90. The van der Waals surface area contributed by atoms with Crippen LogP contribution in [0.4, 0.5) is 0 Å². The number of rotatable bonds is 8. The van der Waals surface area contributed by atoms with Crippen LogP contribution in [0.1, 0.15) is 37.2 Å². The van der Waals surface area contributed by atoms with Crippen molar-refractivity contribution in [1.29, 1.82) is 0 Å². The van der Waals surface area contributed by atoms with Crippen LogP contribution in [0.15, 0.2) is 4.99 Å². The molecule has 0 radical (unpaired) electrons. The predicted octanol–water partition coefficient (Wildman–Crippen LogP) is 1.25. The van der Waals surface area contributed by atoms with Gasteiger partial charge in [0.1, 0.15) is 0 Å². The molecule has 2 heterocycles. The van der Waals surface area contributed by atoms with Crippen molar-refractivity contribution in [2.24, 2.45) is 12.0 Å². The maximum atomic E-state index is 5.39. The van der Waals surface area contributed by atoms with Crippen molar-refractivity contribution >= 4 is 5.96 Å². The van der Waals surface area contributed by atoms with Gasteiger partial charge in [0, 0.05) is 51.5 Å². The van der Waals surface area contributed by atoms with Crippen molar-refractivity contribution in [3.05, 3.63) is 17.0 Å². The quantitative estimate of drug-likeness (QED) is 0.413. The van der Waals surface area contributed by atoms with Crippen molar-refractivity contribution in [2.75, 3.05) is 45.9 Å². The first-order valence-corrected chi connectivity index (χ1v) is 9.85. The van der Waals surface area contributed by atoms with Crippen LogP contribution in [0.3, 0.4) is 0 Å². The molecule has 7 heteroatoms. The summed E-state index contributed by atoms with van der Waals surface area (Å²) in [7, 11) is 2.00. The van der Waals surface area contributed by atoms with Gasteiger partial charge in [-0.2, -0.15) is 5.10 Å². The summed E-state index contributed by atoms with van der Waals surface area (Å²) in [5.74, 6) is 0.904. The molecule has 0 saturated carbocycles. The minimum absolute atomic E-state index is 0.300. The Bertz CT molecular complexity index is 577. The second-order valence-electron chi connectivity index (χ2n) is 7.09. The molecule has 2 rings (SSSR count). The molecule has 0 amide bonds. The minimum atomic E-state index is 0.300.